The first kappa shape index (κ1) is 24.1. The van der Waals surface area contributed by atoms with Gasteiger partial charge in [-0.2, -0.15) is 0 Å². The third-order valence-corrected chi connectivity index (χ3v) is 3.41. The predicted octanol–water partition coefficient (Wildman–Crippen LogP) is 5.89. The number of nitrogens with one attached hydrogen (secondary N) is 1. The lowest BCUT2D eigenvalue weighted by atomic mass is 10.1. The molecule has 0 aliphatic heterocycles. The van der Waals surface area contributed by atoms with Crippen molar-refractivity contribution in [2.45, 2.75) is 33.2 Å². The molecule has 1 N–H and O–H groups in total. The zero-order valence-electron chi connectivity index (χ0n) is 16.8. The van der Waals surface area contributed by atoms with Gasteiger partial charge < -0.3 is 5.32 Å². The van der Waals surface area contributed by atoms with Gasteiger partial charge in [-0.1, -0.05) is 74.5 Å². The van der Waals surface area contributed by atoms with E-state index in [0.29, 0.717) is 6.29 Å². The summed E-state index contributed by atoms with van der Waals surface area (Å²) in [5, 5.41) is 3.10. The summed E-state index contributed by atoms with van der Waals surface area (Å²) in [7, 11) is 1.94. The average Bonchev–Trinajstić information content (AvgIpc) is 2.73. The predicted molar refractivity (Wildman–Crippen MR) is 120 cm³/mol. The fourth-order valence-electron chi connectivity index (χ4n) is 2.03. The van der Waals surface area contributed by atoms with Gasteiger partial charge in [0.25, 0.3) is 0 Å². The zero-order chi connectivity index (χ0) is 20.2. The van der Waals surface area contributed by atoms with Gasteiger partial charge >= 0.3 is 0 Å². The Morgan fingerprint density at radius 2 is 1.67 bits per heavy atom. The first-order valence-electron chi connectivity index (χ1n) is 9.19. The number of hydrogen-bond acceptors (Lipinski definition) is 3. The first-order chi connectivity index (χ1) is 13.2. The van der Waals surface area contributed by atoms with E-state index in [1.165, 1.54) is 35.7 Å². The normalized spacial score (nSPS) is 9.74. The molecule has 0 radical (unpaired) electrons. The van der Waals surface area contributed by atoms with E-state index < -0.39 is 0 Å². The maximum atomic E-state index is 9.43. The molecule has 27 heavy (non-hydrogen) atoms. The smallest absolute Gasteiger partial charge is 0.142 e. The third-order valence-electron chi connectivity index (χ3n) is 3.41. The summed E-state index contributed by atoms with van der Waals surface area (Å²) < 4.78 is 0. The van der Waals surface area contributed by atoms with Gasteiger partial charge in [0.2, 0.25) is 0 Å². The number of benzene rings is 2. The maximum Gasteiger partial charge on any atom is 0.142 e. The van der Waals surface area contributed by atoms with Gasteiger partial charge in [0, 0.05) is 12.7 Å². The third kappa shape index (κ3) is 14.0. The Labute approximate surface area is 164 Å². The van der Waals surface area contributed by atoms with Gasteiger partial charge in [-0.3, -0.25) is 9.79 Å². The van der Waals surface area contributed by atoms with Crippen LogP contribution in [0, 0.1) is 0 Å². The molecule has 144 valence electrons. The molecule has 0 heterocycles. The van der Waals surface area contributed by atoms with Crippen molar-refractivity contribution in [3.63, 3.8) is 0 Å². The van der Waals surface area contributed by atoms with Crippen molar-refractivity contribution in [2.75, 3.05) is 12.4 Å². The number of aryl methyl sites for hydroxylation is 1. The zero-order valence-corrected chi connectivity index (χ0v) is 16.8. The molecule has 2 aromatic rings. The molecule has 0 atom stereocenters. The molecule has 0 aliphatic carbocycles. The first-order valence-corrected chi connectivity index (χ1v) is 9.19. The second-order valence-corrected chi connectivity index (χ2v) is 5.54. The van der Waals surface area contributed by atoms with Gasteiger partial charge in [0.1, 0.15) is 6.29 Å². The molecule has 0 aromatic heterocycles. The summed E-state index contributed by atoms with van der Waals surface area (Å²) in [5.41, 5.74) is 3.87. The fraction of sp³-hybridized carbons (Fsp3) is 0.250. The number of hydrogen-bond donors (Lipinski definition) is 1. The summed E-state index contributed by atoms with van der Waals surface area (Å²) in [6.07, 6.45) is 9.45. The summed E-state index contributed by atoms with van der Waals surface area (Å²) in [6, 6.07) is 18.8. The molecule has 2 aromatic carbocycles. The quantitative estimate of drug-likeness (QED) is 0.288. The molecule has 0 saturated heterocycles. The standard InChI is InChI=1S/C10H15N.C9H11N.C5H6O/c1-3-4-9-5-7-10(11-2)8-6-9;1-2-10-8-9-6-4-3-5-7-9;1-2-3-4-5-6/h5-8,11H,3-4H2,1-2H3;2-7H,8H2,1H3;2-5H,1H2/b;;4-3+. The van der Waals surface area contributed by atoms with Gasteiger partial charge in [0.15, 0.2) is 0 Å². The van der Waals surface area contributed by atoms with E-state index in [-0.39, 0.29) is 0 Å². The van der Waals surface area contributed by atoms with E-state index >= 15 is 0 Å². The Balaban J connectivity index is 0.000000394. The highest BCUT2D eigenvalue weighted by molar-refractivity contribution is 5.65. The lowest BCUT2D eigenvalue weighted by Crippen LogP contribution is -1.88. The van der Waals surface area contributed by atoms with Gasteiger partial charge in [-0.15, -0.1) is 0 Å². The highest BCUT2D eigenvalue weighted by Gasteiger charge is 1.90. The fourth-order valence-corrected chi connectivity index (χ4v) is 2.03. The maximum absolute atomic E-state index is 9.43. The molecule has 0 bridgehead atoms. The highest BCUT2D eigenvalue weighted by Crippen LogP contribution is 2.09. The monoisotopic (exact) mass is 364 g/mol. The Hall–Kier alpha value is -2.94. The molecule has 3 heteroatoms. The average molecular weight is 365 g/mol. The van der Waals surface area contributed by atoms with Crippen LogP contribution in [0.25, 0.3) is 0 Å². The van der Waals surface area contributed by atoms with E-state index in [1.807, 2.05) is 38.4 Å². The minimum Gasteiger partial charge on any atom is -0.388 e. The molecular weight excluding hydrogens is 332 g/mol. The lowest BCUT2D eigenvalue weighted by Gasteiger charge is -2.01. The van der Waals surface area contributed by atoms with E-state index in [1.54, 1.807) is 12.2 Å². The number of rotatable bonds is 7. The molecule has 2 rings (SSSR count). The van der Waals surface area contributed by atoms with Crippen LogP contribution in [0.5, 0.6) is 0 Å². The second kappa shape index (κ2) is 17.9. The molecule has 0 amide bonds. The van der Waals surface area contributed by atoms with Crippen molar-refractivity contribution in [1.29, 1.82) is 0 Å². The minimum absolute atomic E-state index is 0.710. The van der Waals surface area contributed by atoms with Crippen LogP contribution in [0.4, 0.5) is 5.69 Å². The number of nitrogens with zero attached hydrogens (tertiary/aromatic N) is 1. The molecular formula is C24H32N2O. The van der Waals surface area contributed by atoms with Crippen molar-refractivity contribution in [3.05, 3.63) is 90.5 Å². The molecule has 0 saturated carbocycles. The van der Waals surface area contributed by atoms with Crippen LogP contribution in [-0.4, -0.2) is 19.5 Å². The van der Waals surface area contributed by atoms with E-state index in [2.05, 4.69) is 60.2 Å². The lowest BCUT2D eigenvalue weighted by molar-refractivity contribution is -0.104. The Kier molecular flexibility index (Phi) is 15.9. The Morgan fingerprint density at radius 3 is 2.11 bits per heavy atom. The molecule has 3 nitrogen and oxygen atoms in total. The summed E-state index contributed by atoms with van der Waals surface area (Å²) in [5.74, 6) is 0. The topological polar surface area (TPSA) is 41.5 Å². The summed E-state index contributed by atoms with van der Waals surface area (Å²) in [6.45, 7) is 8.29. The second-order valence-electron chi connectivity index (χ2n) is 5.54. The Morgan fingerprint density at radius 1 is 1.00 bits per heavy atom. The van der Waals surface area contributed by atoms with Crippen LogP contribution in [-0.2, 0) is 17.8 Å². The van der Waals surface area contributed by atoms with E-state index in [0.717, 1.165) is 6.54 Å². The van der Waals surface area contributed by atoms with Crippen LogP contribution in [0.3, 0.4) is 0 Å². The number of allylic oxidation sites excluding steroid dienone is 3. The van der Waals surface area contributed by atoms with Crippen molar-refractivity contribution in [1.82, 2.24) is 0 Å². The van der Waals surface area contributed by atoms with Crippen molar-refractivity contribution in [2.24, 2.45) is 4.99 Å². The Bertz CT molecular complexity index is 649. The largest absolute Gasteiger partial charge is 0.388 e. The number of aldehydes is 1. The summed E-state index contributed by atoms with van der Waals surface area (Å²) in [4.78, 5) is 13.5. The van der Waals surface area contributed by atoms with Gasteiger partial charge in [0.05, 0.1) is 6.54 Å². The molecule has 0 spiro atoms. The molecule has 0 unspecified atom stereocenters. The van der Waals surface area contributed by atoms with Gasteiger partial charge in [-0.05, 0) is 48.9 Å². The van der Waals surface area contributed by atoms with Crippen molar-refractivity contribution < 1.29 is 4.79 Å². The SMILES string of the molecule is C=C/C=C/C=O.CC=NCc1ccccc1.CCCc1ccc(NC)cc1. The molecule has 0 aliphatic rings. The molecule has 0 fully saturated rings. The van der Waals surface area contributed by atoms with Crippen LogP contribution in [0.2, 0.25) is 0 Å². The minimum atomic E-state index is 0.710. The highest BCUT2D eigenvalue weighted by atomic mass is 16.1. The summed E-state index contributed by atoms with van der Waals surface area (Å²) >= 11 is 0. The van der Waals surface area contributed by atoms with Gasteiger partial charge in [-0.25, -0.2) is 0 Å². The van der Waals surface area contributed by atoms with Crippen LogP contribution in [0.1, 0.15) is 31.4 Å². The van der Waals surface area contributed by atoms with Crippen molar-refractivity contribution in [3.8, 4) is 0 Å². The van der Waals surface area contributed by atoms with Crippen LogP contribution < -0.4 is 5.32 Å². The van der Waals surface area contributed by atoms with Crippen molar-refractivity contribution >= 4 is 18.2 Å². The van der Waals surface area contributed by atoms with Crippen LogP contribution >= 0.6 is 0 Å². The van der Waals surface area contributed by atoms with E-state index in [4.69, 9.17) is 0 Å². The number of aliphatic imine (C=N–C) groups is 1. The van der Waals surface area contributed by atoms with Crippen LogP contribution in [0.15, 0.2) is 84.4 Å². The van der Waals surface area contributed by atoms with E-state index in [9.17, 15) is 4.79 Å². The number of anilines is 1. The number of carbonyl (C=O) groups excluding carboxylic acids is 1. The number of carbonyl (C=O) groups is 1.